The van der Waals surface area contributed by atoms with Crippen molar-refractivity contribution in [3.05, 3.63) is 70.5 Å². The number of imidazole rings is 2. The molecule has 1 aliphatic rings. The number of halogens is 1. The van der Waals surface area contributed by atoms with Crippen molar-refractivity contribution in [3.8, 4) is 5.69 Å². The molecule has 1 aliphatic heterocycles. The predicted octanol–water partition coefficient (Wildman–Crippen LogP) is 2.46. The summed E-state index contributed by atoms with van der Waals surface area (Å²) in [7, 11) is 0. The Morgan fingerprint density at radius 2 is 1.89 bits per heavy atom. The molecule has 0 amide bonds. The summed E-state index contributed by atoms with van der Waals surface area (Å²) in [5.41, 5.74) is 2.29. The number of fused-ring (bicyclic) bond motifs is 2. The molecular formula is C23H21FN10O3. The number of nitro benzene ring substituents is 1. The van der Waals surface area contributed by atoms with Crippen molar-refractivity contribution in [2.75, 3.05) is 36.2 Å². The van der Waals surface area contributed by atoms with Gasteiger partial charge < -0.3 is 14.6 Å². The molecule has 0 atom stereocenters. The molecule has 13 nitrogen and oxygen atoms in total. The number of nitrogens with two attached hydrogens (primary N) is 1. The molecule has 0 unspecified atom stereocenters. The number of non-ortho nitro benzene ring substituents is 1. The third kappa shape index (κ3) is 4.17. The van der Waals surface area contributed by atoms with Gasteiger partial charge in [0.25, 0.3) is 5.69 Å². The summed E-state index contributed by atoms with van der Waals surface area (Å²) < 4.78 is 20.7. The number of para-hydroxylation sites is 1. The van der Waals surface area contributed by atoms with E-state index in [9.17, 15) is 14.5 Å². The third-order valence-electron chi connectivity index (χ3n) is 6.09. The van der Waals surface area contributed by atoms with Crippen molar-refractivity contribution >= 4 is 39.7 Å². The van der Waals surface area contributed by atoms with Crippen LogP contribution in [0.15, 0.2) is 48.8 Å². The molecule has 1 fully saturated rings. The van der Waals surface area contributed by atoms with Crippen LogP contribution in [0, 0.1) is 15.9 Å². The maximum absolute atomic E-state index is 13.5. The molecule has 0 radical (unpaired) electrons. The molecule has 0 saturated carbocycles. The molecule has 6 rings (SSSR count). The minimum absolute atomic E-state index is 0.0733. The van der Waals surface area contributed by atoms with Gasteiger partial charge >= 0.3 is 0 Å². The second kappa shape index (κ2) is 9.07. The number of nitrogens with one attached hydrogen (secondary N) is 1. The lowest BCUT2D eigenvalue weighted by Gasteiger charge is -2.28. The lowest BCUT2D eigenvalue weighted by molar-refractivity contribution is -0.383. The molecule has 4 heterocycles. The van der Waals surface area contributed by atoms with Crippen LogP contribution in [0.3, 0.4) is 0 Å². The Hall–Kier alpha value is -4.69. The van der Waals surface area contributed by atoms with Crippen LogP contribution in [0.4, 0.5) is 21.8 Å². The smallest absolute Gasteiger partial charge is 0.297 e. The van der Waals surface area contributed by atoms with Crippen LogP contribution in [-0.2, 0) is 11.3 Å². The largest absolute Gasteiger partial charge is 0.378 e. The second-order valence-electron chi connectivity index (χ2n) is 8.45. The molecule has 0 bridgehead atoms. The zero-order chi connectivity index (χ0) is 25.5. The molecule has 37 heavy (non-hydrogen) atoms. The van der Waals surface area contributed by atoms with Gasteiger partial charge in [-0.3, -0.25) is 19.7 Å². The molecule has 3 N–H and O–H groups in total. The first kappa shape index (κ1) is 22.8. The summed E-state index contributed by atoms with van der Waals surface area (Å²) in [5, 5.41) is 12.8. The molecular weight excluding hydrogens is 483 g/mol. The van der Waals surface area contributed by atoms with E-state index in [-0.39, 0.29) is 23.6 Å². The van der Waals surface area contributed by atoms with Crippen LogP contribution in [0.5, 0.6) is 0 Å². The lowest BCUT2D eigenvalue weighted by atomic mass is 10.3. The first-order valence-corrected chi connectivity index (χ1v) is 11.5. The number of rotatable bonds is 6. The number of hydrazine groups is 1. The number of hydrogen-bond donors (Lipinski definition) is 2. The van der Waals surface area contributed by atoms with Gasteiger partial charge in [0.05, 0.1) is 30.2 Å². The van der Waals surface area contributed by atoms with Crippen molar-refractivity contribution in [2.24, 2.45) is 5.84 Å². The van der Waals surface area contributed by atoms with Crippen molar-refractivity contribution in [1.82, 2.24) is 29.5 Å². The van der Waals surface area contributed by atoms with Crippen LogP contribution in [0.2, 0.25) is 0 Å². The van der Waals surface area contributed by atoms with E-state index >= 15 is 0 Å². The van der Waals surface area contributed by atoms with Crippen molar-refractivity contribution in [3.63, 3.8) is 0 Å². The number of aromatic amines is 1. The monoisotopic (exact) mass is 504 g/mol. The SMILES string of the molecule is NN(Cc1nc2c([N+](=O)[O-])cccc2[nH]1)c1nc(N2CCOCC2)nc2c1ncn2-c1ccc(F)cc1. The van der Waals surface area contributed by atoms with Gasteiger partial charge in [0.15, 0.2) is 22.5 Å². The van der Waals surface area contributed by atoms with E-state index in [0.717, 1.165) is 0 Å². The number of morpholine rings is 1. The highest BCUT2D eigenvalue weighted by molar-refractivity contribution is 5.86. The van der Waals surface area contributed by atoms with Gasteiger partial charge in [-0.1, -0.05) is 6.07 Å². The second-order valence-corrected chi connectivity index (χ2v) is 8.45. The van der Waals surface area contributed by atoms with Gasteiger partial charge in [-0.25, -0.2) is 20.2 Å². The number of hydrogen-bond acceptors (Lipinski definition) is 10. The minimum Gasteiger partial charge on any atom is -0.378 e. The number of nitrogens with zero attached hydrogens (tertiary/aromatic N) is 8. The number of H-pyrrole nitrogens is 1. The maximum atomic E-state index is 13.5. The van der Waals surface area contributed by atoms with Gasteiger partial charge in [-0.15, -0.1) is 0 Å². The zero-order valence-corrected chi connectivity index (χ0v) is 19.4. The van der Waals surface area contributed by atoms with Crippen LogP contribution < -0.4 is 15.8 Å². The first-order valence-electron chi connectivity index (χ1n) is 11.5. The van der Waals surface area contributed by atoms with E-state index in [2.05, 4.69) is 15.0 Å². The Bertz CT molecular complexity index is 1610. The topological polar surface area (TPSA) is 157 Å². The summed E-state index contributed by atoms with van der Waals surface area (Å²) in [6.07, 6.45) is 1.58. The van der Waals surface area contributed by atoms with Crippen LogP contribution in [-0.4, -0.2) is 60.7 Å². The minimum atomic E-state index is -0.474. The fourth-order valence-corrected chi connectivity index (χ4v) is 4.30. The maximum Gasteiger partial charge on any atom is 0.297 e. The van der Waals surface area contributed by atoms with Crippen molar-refractivity contribution in [1.29, 1.82) is 0 Å². The quantitative estimate of drug-likeness (QED) is 0.200. The van der Waals surface area contributed by atoms with Gasteiger partial charge in [-0.2, -0.15) is 9.97 Å². The molecule has 2 aromatic carbocycles. The fraction of sp³-hybridized carbons (Fsp3) is 0.217. The highest BCUT2D eigenvalue weighted by Crippen LogP contribution is 2.28. The first-order chi connectivity index (χ1) is 18.0. The van der Waals surface area contributed by atoms with Crippen LogP contribution in [0.25, 0.3) is 27.9 Å². The molecule has 14 heteroatoms. The molecule has 1 saturated heterocycles. The lowest BCUT2D eigenvalue weighted by Crippen LogP contribution is -2.38. The highest BCUT2D eigenvalue weighted by atomic mass is 19.1. The number of ether oxygens (including phenoxy) is 1. The van der Waals surface area contributed by atoms with Crippen LogP contribution in [0.1, 0.15) is 5.82 Å². The summed E-state index contributed by atoms with van der Waals surface area (Å²) in [5.74, 6) is 7.36. The normalized spacial score (nSPS) is 13.9. The Labute approximate surface area is 208 Å². The Morgan fingerprint density at radius 3 is 2.65 bits per heavy atom. The summed E-state index contributed by atoms with van der Waals surface area (Å²) in [6.45, 7) is 2.36. The zero-order valence-electron chi connectivity index (χ0n) is 19.4. The average molecular weight is 504 g/mol. The highest BCUT2D eigenvalue weighted by Gasteiger charge is 2.23. The number of nitro groups is 1. The Kier molecular flexibility index (Phi) is 5.58. The fourth-order valence-electron chi connectivity index (χ4n) is 4.30. The molecule has 3 aromatic heterocycles. The third-order valence-corrected chi connectivity index (χ3v) is 6.09. The van der Waals surface area contributed by atoms with E-state index in [1.54, 1.807) is 35.2 Å². The van der Waals surface area contributed by atoms with E-state index in [1.165, 1.54) is 23.2 Å². The van der Waals surface area contributed by atoms with Crippen molar-refractivity contribution < 1.29 is 14.1 Å². The molecule has 0 spiro atoms. The Balaban J connectivity index is 1.43. The van der Waals surface area contributed by atoms with Gasteiger partial charge in [0.2, 0.25) is 5.95 Å². The van der Waals surface area contributed by atoms with E-state index in [4.69, 9.17) is 20.5 Å². The van der Waals surface area contributed by atoms with E-state index in [1.807, 2.05) is 4.90 Å². The summed E-state index contributed by atoms with van der Waals surface area (Å²) in [4.78, 5) is 34.4. The number of benzene rings is 2. The molecule has 0 aliphatic carbocycles. The standard InChI is InChI=1S/C23H21FN10O3/c24-14-4-6-15(7-5-14)32-13-26-20-21(32)29-23(31-8-10-37-11-9-31)30-22(20)33(25)12-18-27-16-2-1-3-17(34(35)36)19(16)28-18/h1-7,13H,8-12,25H2,(H,27,28). The molecule has 5 aromatic rings. The predicted molar refractivity (Wildman–Crippen MR) is 133 cm³/mol. The number of aromatic nitrogens is 6. The van der Waals surface area contributed by atoms with Crippen LogP contribution >= 0.6 is 0 Å². The number of anilines is 2. The van der Waals surface area contributed by atoms with Gasteiger partial charge in [-0.05, 0) is 30.3 Å². The summed E-state index contributed by atoms with van der Waals surface area (Å²) >= 11 is 0. The van der Waals surface area contributed by atoms with Crippen molar-refractivity contribution in [2.45, 2.75) is 6.54 Å². The van der Waals surface area contributed by atoms with E-state index < -0.39 is 4.92 Å². The van der Waals surface area contributed by atoms with Gasteiger partial charge in [0.1, 0.15) is 18.0 Å². The van der Waals surface area contributed by atoms with E-state index in [0.29, 0.717) is 66.3 Å². The average Bonchev–Trinajstić information content (AvgIpc) is 3.52. The summed E-state index contributed by atoms with van der Waals surface area (Å²) in [6, 6.07) is 10.7. The Morgan fingerprint density at radius 1 is 1.11 bits per heavy atom. The van der Waals surface area contributed by atoms with Gasteiger partial charge in [0, 0.05) is 24.8 Å². The molecule has 188 valence electrons.